The van der Waals surface area contributed by atoms with E-state index in [2.05, 4.69) is 5.32 Å². The smallest absolute Gasteiger partial charge is 0.329 e. The quantitative estimate of drug-likeness (QED) is 0.419. The summed E-state index contributed by atoms with van der Waals surface area (Å²) in [6.07, 6.45) is 0. The van der Waals surface area contributed by atoms with Gasteiger partial charge in [0.15, 0.2) is 0 Å². The van der Waals surface area contributed by atoms with Crippen LogP contribution in [-0.4, -0.2) is 34.0 Å². The van der Waals surface area contributed by atoms with E-state index >= 15 is 0 Å². The van der Waals surface area contributed by atoms with Gasteiger partial charge in [-0.3, -0.25) is 11.1 Å². The maximum absolute atomic E-state index is 5.64. The van der Waals surface area contributed by atoms with Gasteiger partial charge in [-0.2, -0.15) is 0 Å². The van der Waals surface area contributed by atoms with Gasteiger partial charge in [-0.05, 0) is 0 Å². The normalized spacial score (nSPS) is 59.5. The molecule has 68 valence electrons. The molecular weight excluding hydrogens is 182 g/mol. The second-order valence-corrected chi connectivity index (χ2v) is 4.72. The van der Waals surface area contributed by atoms with E-state index in [0.29, 0.717) is 13.1 Å². The molecule has 5 N–H and O–H groups in total. The molecule has 0 radical (unpaired) electrons. The molecule has 0 aromatic rings. The summed E-state index contributed by atoms with van der Waals surface area (Å²) in [5.74, 6) is -2.33. The Morgan fingerprint density at radius 1 is 1.25 bits per heavy atom. The van der Waals surface area contributed by atoms with Crippen molar-refractivity contribution in [1.29, 1.82) is 0 Å². The molecule has 0 amide bonds. The summed E-state index contributed by atoms with van der Waals surface area (Å²) in [7, 11) is -2.68. The first kappa shape index (κ1) is 7.35. The molecule has 0 unspecified atom stereocenters. The van der Waals surface area contributed by atoms with Crippen LogP contribution in [0.1, 0.15) is 0 Å². The van der Waals surface area contributed by atoms with Crippen LogP contribution in [0.15, 0.2) is 0 Å². The van der Waals surface area contributed by atoms with Crippen molar-refractivity contribution in [3.05, 3.63) is 0 Å². The van der Waals surface area contributed by atoms with Crippen LogP contribution >= 0.6 is 0 Å². The number of nitrogens with two attached hydrogens (primary N) is 2. The molecular formula is C4H9N3O4Si. The minimum Gasteiger partial charge on any atom is -0.329 e. The third kappa shape index (κ3) is 0.551. The van der Waals surface area contributed by atoms with Gasteiger partial charge in [-0.15, -0.1) is 0 Å². The molecule has 6 fully saturated rings. The summed E-state index contributed by atoms with van der Waals surface area (Å²) >= 11 is 0. The first-order valence-electron chi connectivity index (χ1n) is 3.68. The molecule has 3 bridgehead atoms. The fraction of sp³-hybridized carbons (Fsp3) is 1.00. The summed E-state index contributed by atoms with van der Waals surface area (Å²) in [5, 5.41) is 2.89. The molecule has 8 heteroatoms. The highest BCUT2D eigenvalue weighted by Crippen LogP contribution is 2.61. The van der Waals surface area contributed by atoms with Gasteiger partial charge in [0.1, 0.15) is 0 Å². The van der Waals surface area contributed by atoms with E-state index in [9.17, 15) is 0 Å². The second-order valence-electron chi connectivity index (χ2n) is 2.91. The monoisotopic (exact) mass is 191 g/mol. The molecule has 0 aliphatic carbocycles. The van der Waals surface area contributed by atoms with Crippen LogP contribution in [-0.2, 0) is 17.7 Å². The molecule has 12 heavy (non-hydrogen) atoms. The first-order chi connectivity index (χ1) is 5.64. The summed E-state index contributed by atoms with van der Waals surface area (Å²) in [6.45, 7) is 1.01. The molecule has 0 aromatic heterocycles. The van der Waals surface area contributed by atoms with E-state index < -0.39 is 20.9 Å². The Bertz CT molecular complexity index is 234. The standard InChI is InChI=1S/C4H9N3O4Si/c5-1-2-7-4-3(6)8-12(9-3,10-4)11-4/h7H,1-2,5-6H2. The molecule has 6 aliphatic heterocycles. The van der Waals surface area contributed by atoms with Gasteiger partial charge in [-0.25, -0.2) is 0 Å². The summed E-state index contributed by atoms with van der Waals surface area (Å²) in [4.78, 5) is 0. The third-order valence-corrected chi connectivity index (χ3v) is 4.23. The number of rotatable bonds is 3. The third-order valence-electron chi connectivity index (χ3n) is 2.05. The van der Waals surface area contributed by atoms with Crippen LogP contribution in [0, 0.1) is 0 Å². The van der Waals surface area contributed by atoms with Crippen LogP contribution in [0.3, 0.4) is 0 Å². The summed E-state index contributed by atoms with van der Waals surface area (Å²) in [6, 6.07) is 0. The van der Waals surface area contributed by atoms with E-state index in [1.807, 2.05) is 0 Å². The Balaban J connectivity index is 1.78. The van der Waals surface area contributed by atoms with Crippen molar-refractivity contribution >= 4 is 9.05 Å². The number of nitrogens with one attached hydrogen (secondary N) is 1. The Morgan fingerprint density at radius 3 is 2.33 bits per heavy atom. The van der Waals surface area contributed by atoms with Crippen molar-refractivity contribution in [1.82, 2.24) is 5.32 Å². The summed E-state index contributed by atoms with van der Waals surface area (Å²) in [5.41, 5.74) is 10.9. The fourth-order valence-corrected chi connectivity index (χ4v) is 3.87. The lowest BCUT2D eigenvalue weighted by atomic mass is 10.3. The van der Waals surface area contributed by atoms with E-state index in [1.165, 1.54) is 0 Å². The van der Waals surface area contributed by atoms with Gasteiger partial charge in [-0.1, -0.05) is 0 Å². The second kappa shape index (κ2) is 1.74. The van der Waals surface area contributed by atoms with E-state index in [0.717, 1.165) is 0 Å². The maximum Gasteiger partial charge on any atom is 0.693 e. The van der Waals surface area contributed by atoms with Crippen LogP contribution < -0.4 is 16.8 Å². The lowest BCUT2D eigenvalue weighted by Crippen LogP contribution is -2.65. The zero-order chi connectivity index (χ0) is 8.45. The fourth-order valence-electron chi connectivity index (χ4n) is 1.53. The highest BCUT2D eigenvalue weighted by Gasteiger charge is 2.96. The van der Waals surface area contributed by atoms with E-state index in [1.54, 1.807) is 0 Å². The van der Waals surface area contributed by atoms with E-state index in [4.69, 9.17) is 29.2 Å². The van der Waals surface area contributed by atoms with Gasteiger partial charge >= 0.3 is 9.05 Å². The van der Waals surface area contributed by atoms with Crippen molar-refractivity contribution in [2.45, 2.75) is 11.8 Å². The predicted molar refractivity (Wildman–Crippen MR) is 36.8 cm³/mol. The molecule has 0 saturated carbocycles. The molecule has 0 aromatic carbocycles. The van der Waals surface area contributed by atoms with E-state index in [-0.39, 0.29) is 0 Å². The lowest BCUT2D eigenvalue weighted by Gasteiger charge is -2.32. The van der Waals surface area contributed by atoms with Crippen LogP contribution in [0.2, 0.25) is 0 Å². The Labute approximate surface area is 69.4 Å². The average molecular weight is 191 g/mol. The minimum atomic E-state index is -2.68. The molecule has 6 rings (SSSR count). The van der Waals surface area contributed by atoms with Crippen molar-refractivity contribution in [2.24, 2.45) is 11.5 Å². The summed E-state index contributed by atoms with van der Waals surface area (Å²) < 4.78 is 20.9. The zero-order valence-electron chi connectivity index (χ0n) is 6.20. The van der Waals surface area contributed by atoms with Gasteiger partial charge in [0.05, 0.1) is 0 Å². The molecule has 6 heterocycles. The van der Waals surface area contributed by atoms with Crippen molar-refractivity contribution < 1.29 is 17.7 Å². The Hall–Kier alpha value is -0.0631. The van der Waals surface area contributed by atoms with Gasteiger partial charge < -0.3 is 23.4 Å². The highest BCUT2D eigenvalue weighted by atomic mass is 28.4. The molecule has 6 saturated heterocycles. The van der Waals surface area contributed by atoms with Crippen LogP contribution in [0.5, 0.6) is 0 Å². The first-order valence-corrected chi connectivity index (χ1v) is 5.32. The van der Waals surface area contributed by atoms with Gasteiger partial charge in [0.2, 0.25) is 0 Å². The Kier molecular flexibility index (Phi) is 1.06. The average Bonchev–Trinajstić information content (AvgIpc) is 2.41. The van der Waals surface area contributed by atoms with Gasteiger partial charge in [0.25, 0.3) is 11.8 Å². The van der Waals surface area contributed by atoms with Crippen LogP contribution in [0.25, 0.3) is 0 Å². The zero-order valence-corrected chi connectivity index (χ0v) is 7.20. The maximum atomic E-state index is 5.64. The SMILES string of the molecule is NCCNC12O[Si]3(OC1(N)O3)O2. The van der Waals surface area contributed by atoms with Crippen molar-refractivity contribution in [3.63, 3.8) is 0 Å². The molecule has 7 nitrogen and oxygen atoms in total. The van der Waals surface area contributed by atoms with Crippen molar-refractivity contribution in [3.8, 4) is 0 Å². The molecule has 6 aliphatic rings. The van der Waals surface area contributed by atoms with Gasteiger partial charge in [0, 0.05) is 13.1 Å². The predicted octanol–water partition coefficient (Wildman–Crippen LogP) is -2.66. The highest BCUT2D eigenvalue weighted by molar-refractivity contribution is 6.60. The Morgan fingerprint density at radius 2 is 1.92 bits per heavy atom. The largest absolute Gasteiger partial charge is 0.693 e. The molecule has 1 spiro atoms. The number of hydrogen-bond donors (Lipinski definition) is 3. The topological polar surface area (TPSA) is 101 Å². The lowest BCUT2D eigenvalue weighted by molar-refractivity contribution is -0.234. The number of hydrogen-bond acceptors (Lipinski definition) is 7. The van der Waals surface area contributed by atoms with Crippen LogP contribution in [0.4, 0.5) is 0 Å². The minimum absolute atomic E-state index is 0.471. The van der Waals surface area contributed by atoms with Crippen molar-refractivity contribution in [2.75, 3.05) is 13.1 Å². The molecule has 0 atom stereocenters.